The van der Waals surface area contributed by atoms with Crippen LogP contribution in [0.3, 0.4) is 0 Å². The number of morpholine rings is 1. The van der Waals surface area contributed by atoms with Gasteiger partial charge < -0.3 is 10.1 Å². The lowest BCUT2D eigenvalue weighted by molar-refractivity contribution is -0.124. The molecule has 0 bridgehead atoms. The Morgan fingerprint density at radius 2 is 1.87 bits per heavy atom. The van der Waals surface area contributed by atoms with E-state index in [0.717, 1.165) is 57.3 Å². The van der Waals surface area contributed by atoms with Gasteiger partial charge >= 0.3 is 0 Å². The van der Waals surface area contributed by atoms with Gasteiger partial charge in [0.15, 0.2) is 0 Å². The number of amides is 1. The fourth-order valence-electron chi connectivity index (χ4n) is 7.72. The van der Waals surface area contributed by atoms with Crippen LogP contribution in [0, 0.1) is 5.82 Å². The molecule has 1 saturated carbocycles. The summed E-state index contributed by atoms with van der Waals surface area (Å²) in [6, 6.07) is 9.59. The molecule has 39 heavy (non-hydrogen) atoms. The van der Waals surface area contributed by atoms with E-state index in [1.165, 1.54) is 6.07 Å². The average molecular weight is 575 g/mol. The lowest BCUT2D eigenvalue weighted by Gasteiger charge is -2.47. The van der Waals surface area contributed by atoms with Gasteiger partial charge in [-0.2, -0.15) is 0 Å². The van der Waals surface area contributed by atoms with Crippen LogP contribution in [-0.2, 0) is 19.7 Å². The highest BCUT2D eigenvalue weighted by Crippen LogP contribution is 2.63. The standard InChI is InChI=1S/C30H34Cl2FN3O3/c31-19-9-10-21-23(18-19)34-28(38)30(21)25(20-6-4-7-22(32)26(20)33)27(35-29(30)11-2-1-3-12-29)24(37)8-5-13-36-14-16-39-17-15-36/h4,6-7,9-10,18,25,27,35H,1-3,5,8,11-17H2,(H,34,38)/t25-,27-,30+/m0/s1. The second-order valence-electron chi connectivity index (χ2n) is 11.4. The van der Waals surface area contributed by atoms with Crippen LogP contribution in [0.5, 0.6) is 0 Å². The Kier molecular flexibility index (Phi) is 7.48. The summed E-state index contributed by atoms with van der Waals surface area (Å²) in [5.41, 5.74) is -0.157. The third-order valence-electron chi connectivity index (χ3n) is 9.37. The van der Waals surface area contributed by atoms with Crippen LogP contribution < -0.4 is 10.6 Å². The lowest BCUT2D eigenvalue weighted by atomic mass is 9.55. The molecule has 2 spiro atoms. The molecule has 2 aromatic rings. The normalized spacial score (nSPS) is 28.1. The first-order valence-corrected chi connectivity index (χ1v) is 14.8. The van der Waals surface area contributed by atoms with E-state index in [-0.39, 0.29) is 16.7 Å². The van der Waals surface area contributed by atoms with Crippen molar-refractivity contribution >= 4 is 40.6 Å². The minimum atomic E-state index is -1.18. The number of benzene rings is 2. The molecule has 6 rings (SSSR count). The van der Waals surface area contributed by atoms with Gasteiger partial charge in [0.25, 0.3) is 0 Å². The molecule has 0 unspecified atom stereocenters. The van der Waals surface area contributed by atoms with E-state index in [1.807, 2.05) is 6.07 Å². The van der Waals surface area contributed by atoms with E-state index in [1.54, 1.807) is 24.3 Å². The van der Waals surface area contributed by atoms with Crippen molar-refractivity contribution in [2.24, 2.45) is 0 Å². The number of hydrogen-bond donors (Lipinski definition) is 2. The SMILES string of the molecule is O=C(CCCN1CCOCC1)[C@@H]1NC2(CCCCC2)[C@@]2(C(=O)Nc3cc(Cl)ccc32)[C@H]1c1cccc(Cl)c1F. The number of halogens is 3. The van der Waals surface area contributed by atoms with E-state index < -0.39 is 28.7 Å². The molecule has 2 aromatic carbocycles. The minimum Gasteiger partial charge on any atom is -0.379 e. The van der Waals surface area contributed by atoms with Crippen molar-refractivity contribution < 1.29 is 18.7 Å². The molecule has 1 aliphatic carbocycles. The molecule has 3 aliphatic heterocycles. The van der Waals surface area contributed by atoms with Crippen LogP contribution in [0.4, 0.5) is 10.1 Å². The van der Waals surface area contributed by atoms with Gasteiger partial charge in [-0.3, -0.25) is 19.8 Å². The largest absolute Gasteiger partial charge is 0.379 e. The van der Waals surface area contributed by atoms with Crippen LogP contribution in [-0.4, -0.2) is 61.0 Å². The highest BCUT2D eigenvalue weighted by atomic mass is 35.5. The van der Waals surface area contributed by atoms with E-state index in [9.17, 15) is 9.59 Å². The molecule has 6 nitrogen and oxygen atoms in total. The number of rotatable bonds is 6. The number of Topliss-reactive ketones (excluding diaryl/α,β-unsaturated/α-hetero) is 1. The number of anilines is 1. The molecular formula is C30H34Cl2FN3O3. The summed E-state index contributed by atoms with van der Waals surface area (Å²) in [5, 5.41) is 7.29. The second-order valence-corrected chi connectivity index (χ2v) is 12.2. The van der Waals surface area contributed by atoms with Gasteiger partial charge in [-0.05, 0) is 55.1 Å². The van der Waals surface area contributed by atoms with Gasteiger partial charge in [0, 0.05) is 41.7 Å². The summed E-state index contributed by atoms with van der Waals surface area (Å²) >= 11 is 12.6. The first-order chi connectivity index (χ1) is 18.9. The highest BCUT2D eigenvalue weighted by molar-refractivity contribution is 6.31. The van der Waals surface area contributed by atoms with Crippen molar-refractivity contribution in [3.05, 3.63) is 63.4 Å². The Morgan fingerprint density at radius 3 is 2.64 bits per heavy atom. The van der Waals surface area contributed by atoms with Crippen LogP contribution in [0.2, 0.25) is 10.0 Å². The summed E-state index contributed by atoms with van der Waals surface area (Å²) in [4.78, 5) is 30.7. The summed E-state index contributed by atoms with van der Waals surface area (Å²) < 4.78 is 21.3. The number of ether oxygens (including phenoxy) is 1. The monoisotopic (exact) mass is 573 g/mol. The molecule has 0 aromatic heterocycles. The smallest absolute Gasteiger partial charge is 0.237 e. The van der Waals surface area contributed by atoms with Crippen molar-refractivity contribution in [2.75, 3.05) is 38.2 Å². The molecule has 208 valence electrons. The maximum absolute atomic E-state index is 15.9. The van der Waals surface area contributed by atoms with Crippen LogP contribution in [0.1, 0.15) is 62.0 Å². The fraction of sp³-hybridized carbons (Fsp3) is 0.533. The maximum Gasteiger partial charge on any atom is 0.237 e. The molecular weight excluding hydrogens is 540 g/mol. The number of carbonyl (C=O) groups is 2. The highest BCUT2D eigenvalue weighted by Gasteiger charge is 2.72. The molecule has 2 saturated heterocycles. The summed E-state index contributed by atoms with van der Waals surface area (Å²) in [6.45, 7) is 3.93. The zero-order valence-electron chi connectivity index (χ0n) is 21.9. The summed E-state index contributed by atoms with van der Waals surface area (Å²) in [6.07, 6.45) is 5.39. The molecule has 4 aliphatic rings. The average Bonchev–Trinajstić information content (AvgIpc) is 3.38. The molecule has 3 atom stereocenters. The van der Waals surface area contributed by atoms with Crippen molar-refractivity contribution in [2.45, 2.75) is 67.9 Å². The number of nitrogens with one attached hydrogen (secondary N) is 2. The Hall–Kier alpha value is -2.03. The first-order valence-electron chi connectivity index (χ1n) is 14.0. The molecule has 3 heterocycles. The van der Waals surface area contributed by atoms with Crippen LogP contribution >= 0.6 is 23.2 Å². The van der Waals surface area contributed by atoms with Crippen LogP contribution in [0.25, 0.3) is 0 Å². The number of nitrogens with zero attached hydrogens (tertiary/aromatic N) is 1. The molecule has 2 N–H and O–H groups in total. The van der Waals surface area contributed by atoms with E-state index in [0.29, 0.717) is 42.3 Å². The number of fused-ring (bicyclic) bond motifs is 3. The Balaban J connectivity index is 1.45. The van der Waals surface area contributed by atoms with Gasteiger partial charge in [0.2, 0.25) is 5.91 Å². The topological polar surface area (TPSA) is 70.7 Å². The van der Waals surface area contributed by atoms with Crippen molar-refractivity contribution in [3.8, 4) is 0 Å². The quantitative estimate of drug-likeness (QED) is 0.480. The van der Waals surface area contributed by atoms with Crippen molar-refractivity contribution in [3.63, 3.8) is 0 Å². The van der Waals surface area contributed by atoms with Crippen LogP contribution in [0.15, 0.2) is 36.4 Å². The van der Waals surface area contributed by atoms with Gasteiger partial charge in [-0.15, -0.1) is 0 Å². The van der Waals surface area contributed by atoms with Gasteiger partial charge in [0.1, 0.15) is 17.0 Å². The summed E-state index contributed by atoms with van der Waals surface area (Å²) in [5.74, 6) is -1.53. The predicted molar refractivity (Wildman–Crippen MR) is 150 cm³/mol. The van der Waals surface area contributed by atoms with E-state index >= 15 is 4.39 Å². The minimum absolute atomic E-state index is 0.00433. The van der Waals surface area contributed by atoms with Crippen molar-refractivity contribution in [1.29, 1.82) is 0 Å². The molecule has 9 heteroatoms. The van der Waals surface area contributed by atoms with E-state index in [2.05, 4.69) is 15.5 Å². The van der Waals surface area contributed by atoms with E-state index in [4.69, 9.17) is 27.9 Å². The Morgan fingerprint density at radius 1 is 1.10 bits per heavy atom. The first kappa shape index (κ1) is 27.2. The zero-order chi connectivity index (χ0) is 27.2. The summed E-state index contributed by atoms with van der Waals surface area (Å²) in [7, 11) is 0. The zero-order valence-corrected chi connectivity index (χ0v) is 23.4. The fourth-order valence-corrected chi connectivity index (χ4v) is 8.08. The third-order valence-corrected chi connectivity index (χ3v) is 9.90. The lowest BCUT2D eigenvalue weighted by Crippen LogP contribution is -2.60. The van der Waals surface area contributed by atoms with Gasteiger partial charge in [-0.25, -0.2) is 4.39 Å². The Labute approximate surface area is 238 Å². The molecule has 0 radical (unpaired) electrons. The van der Waals surface area contributed by atoms with Gasteiger partial charge in [-0.1, -0.05) is 60.7 Å². The third kappa shape index (κ3) is 4.41. The number of carbonyl (C=O) groups excluding carboxylic acids is 2. The molecule has 1 amide bonds. The van der Waals surface area contributed by atoms with Crippen molar-refractivity contribution in [1.82, 2.24) is 10.2 Å². The number of ketones is 1. The maximum atomic E-state index is 15.9. The second kappa shape index (κ2) is 10.7. The predicted octanol–water partition coefficient (Wildman–Crippen LogP) is 5.46. The molecule has 3 fully saturated rings. The number of hydrogen-bond acceptors (Lipinski definition) is 5. The van der Waals surface area contributed by atoms with Gasteiger partial charge in [0.05, 0.1) is 24.3 Å². The Bertz CT molecular complexity index is 1280.